The van der Waals surface area contributed by atoms with Crippen molar-refractivity contribution in [3.05, 3.63) is 34.1 Å². The number of nitrogens with one attached hydrogen (secondary N) is 3. The first-order valence-corrected chi connectivity index (χ1v) is 10.6. The zero-order valence-corrected chi connectivity index (χ0v) is 15.9. The third-order valence-corrected chi connectivity index (χ3v) is 6.72. The minimum absolute atomic E-state index is 0.0223. The second-order valence-corrected chi connectivity index (χ2v) is 8.58. The molecule has 0 bridgehead atoms. The van der Waals surface area contributed by atoms with Crippen molar-refractivity contribution < 1.29 is 8.78 Å². The van der Waals surface area contributed by atoms with Crippen molar-refractivity contribution in [3.8, 4) is 0 Å². The smallest absolute Gasteiger partial charge is 0.261 e. The minimum Gasteiger partial charge on any atom is -0.382 e. The lowest BCUT2D eigenvalue weighted by molar-refractivity contribution is 0.275. The van der Waals surface area contributed by atoms with Gasteiger partial charge in [-0.1, -0.05) is 12.8 Å². The van der Waals surface area contributed by atoms with Crippen LogP contribution in [0, 0.1) is 5.82 Å². The Labute approximate surface area is 160 Å². The molecule has 1 aromatic carbocycles. The highest BCUT2D eigenvalue weighted by Gasteiger charge is 2.25. The summed E-state index contributed by atoms with van der Waals surface area (Å²) in [7, 11) is 0. The summed E-state index contributed by atoms with van der Waals surface area (Å²) < 4.78 is 28.4. The van der Waals surface area contributed by atoms with Gasteiger partial charge < -0.3 is 15.6 Å². The van der Waals surface area contributed by atoms with Gasteiger partial charge in [0.15, 0.2) is 0 Å². The van der Waals surface area contributed by atoms with E-state index in [-0.39, 0.29) is 10.6 Å². The summed E-state index contributed by atoms with van der Waals surface area (Å²) in [5.41, 5.74) is 0.519. The Morgan fingerprint density at radius 3 is 2.85 bits per heavy atom. The molecule has 3 N–H and O–H groups in total. The Balaban J connectivity index is 1.55. The monoisotopic (exact) mass is 394 g/mol. The molecular formula is C19H24F2N4OS. The molecule has 2 heterocycles. The number of aromatic nitrogens is 2. The van der Waals surface area contributed by atoms with Crippen molar-refractivity contribution in [3.63, 3.8) is 0 Å². The Hall–Kier alpha value is -1.67. The molecular weight excluding hydrogens is 370 g/mol. The number of benzene rings is 1. The fourth-order valence-corrected chi connectivity index (χ4v) is 5.00. The molecule has 1 aliphatic heterocycles. The Morgan fingerprint density at radius 2 is 2.07 bits per heavy atom. The topological polar surface area (TPSA) is 69.8 Å². The lowest BCUT2D eigenvalue weighted by atomic mass is 10.1. The highest BCUT2D eigenvalue weighted by atomic mass is 32.2. The molecule has 8 heteroatoms. The van der Waals surface area contributed by atoms with Crippen LogP contribution in [0.25, 0.3) is 10.9 Å². The van der Waals surface area contributed by atoms with Gasteiger partial charge in [0.2, 0.25) is 0 Å². The predicted octanol–water partition coefficient (Wildman–Crippen LogP) is 3.35. The fourth-order valence-electron chi connectivity index (χ4n) is 3.90. The van der Waals surface area contributed by atoms with E-state index in [1.165, 1.54) is 30.7 Å². The maximum Gasteiger partial charge on any atom is 0.261 e. The van der Waals surface area contributed by atoms with Gasteiger partial charge in [-0.05, 0) is 37.9 Å². The number of alkyl halides is 1. The highest BCUT2D eigenvalue weighted by molar-refractivity contribution is 7.99. The third-order valence-electron chi connectivity index (χ3n) is 5.32. The molecule has 1 aliphatic carbocycles. The molecule has 2 aromatic rings. The molecule has 1 saturated heterocycles. The maximum atomic E-state index is 14.5. The van der Waals surface area contributed by atoms with E-state index in [0.717, 1.165) is 25.8 Å². The summed E-state index contributed by atoms with van der Waals surface area (Å²) in [6, 6.07) is 3.46. The first-order valence-electron chi connectivity index (χ1n) is 9.55. The van der Waals surface area contributed by atoms with Gasteiger partial charge in [-0.3, -0.25) is 4.79 Å². The summed E-state index contributed by atoms with van der Waals surface area (Å²) in [6.45, 7) is 1.15. The molecule has 2 aliphatic rings. The van der Waals surface area contributed by atoms with E-state index in [1.807, 2.05) is 0 Å². The molecule has 0 unspecified atom stereocenters. The lowest BCUT2D eigenvalue weighted by Gasteiger charge is -2.25. The minimum atomic E-state index is -0.907. The van der Waals surface area contributed by atoms with Crippen molar-refractivity contribution in [1.29, 1.82) is 0 Å². The largest absolute Gasteiger partial charge is 0.382 e. The van der Waals surface area contributed by atoms with Crippen molar-refractivity contribution in [2.45, 2.75) is 55.3 Å². The van der Waals surface area contributed by atoms with E-state index < -0.39 is 17.5 Å². The summed E-state index contributed by atoms with van der Waals surface area (Å²) in [4.78, 5) is 19.4. The quantitative estimate of drug-likeness (QED) is 0.726. The Morgan fingerprint density at radius 1 is 1.26 bits per heavy atom. The van der Waals surface area contributed by atoms with Gasteiger partial charge in [0.1, 0.15) is 23.2 Å². The molecule has 2 atom stereocenters. The number of hydrogen-bond donors (Lipinski definition) is 3. The number of rotatable bonds is 5. The van der Waals surface area contributed by atoms with E-state index in [0.29, 0.717) is 35.4 Å². The van der Waals surface area contributed by atoms with E-state index in [9.17, 15) is 13.6 Å². The van der Waals surface area contributed by atoms with Gasteiger partial charge >= 0.3 is 0 Å². The van der Waals surface area contributed by atoms with Gasteiger partial charge in [-0.15, -0.1) is 11.8 Å². The standard InChI is InChI=1S/C19H24F2N4OS/c20-13-7-12(23-11-3-1-2-4-11)8-15-18(13)19(26)25-17(24-15)10-27-16-5-6-22-9-14(16)21/h7-8,11,14,16,22-23H,1-6,9-10H2,(H,24,25,26)/t14-,16+/m1/s1. The number of piperidine rings is 1. The Kier molecular flexibility index (Phi) is 5.63. The summed E-state index contributed by atoms with van der Waals surface area (Å²) in [5.74, 6) is 0.293. The Bertz CT molecular complexity index is 869. The molecule has 146 valence electrons. The molecule has 1 saturated carbocycles. The molecule has 2 fully saturated rings. The number of H-pyrrole nitrogens is 1. The van der Waals surface area contributed by atoms with E-state index >= 15 is 0 Å². The summed E-state index contributed by atoms with van der Waals surface area (Å²) in [5, 5.41) is 6.24. The van der Waals surface area contributed by atoms with Gasteiger partial charge in [0.25, 0.3) is 5.56 Å². The summed E-state index contributed by atoms with van der Waals surface area (Å²) >= 11 is 1.45. The second kappa shape index (κ2) is 8.14. The van der Waals surface area contributed by atoms with Crippen LogP contribution in [0.15, 0.2) is 16.9 Å². The maximum absolute atomic E-state index is 14.5. The number of thioether (sulfide) groups is 1. The first-order chi connectivity index (χ1) is 13.1. The van der Waals surface area contributed by atoms with Gasteiger partial charge in [0.05, 0.1) is 11.3 Å². The van der Waals surface area contributed by atoms with Gasteiger partial charge in [-0.25, -0.2) is 13.8 Å². The molecule has 0 spiro atoms. The lowest BCUT2D eigenvalue weighted by Crippen LogP contribution is -2.39. The van der Waals surface area contributed by atoms with Crippen LogP contribution in [0.4, 0.5) is 14.5 Å². The average Bonchev–Trinajstić information content (AvgIpc) is 3.13. The van der Waals surface area contributed by atoms with Crippen LogP contribution in [0.3, 0.4) is 0 Å². The molecule has 5 nitrogen and oxygen atoms in total. The fraction of sp³-hybridized carbons (Fsp3) is 0.579. The van der Waals surface area contributed by atoms with E-state index in [1.54, 1.807) is 6.07 Å². The zero-order valence-electron chi connectivity index (χ0n) is 15.1. The van der Waals surface area contributed by atoms with Crippen LogP contribution in [0.5, 0.6) is 0 Å². The number of nitrogens with zero attached hydrogens (tertiary/aromatic N) is 1. The van der Waals surface area contributed by atoms with Crippen LogP contribution >= 0.6 is 11.8 Å². The normalized spacial score (nSPS) is 23.8. The SMILES string of the molecule is O=c1[nH]c(CS[C@H]2CCNC[C@H]2F)nc2cc(NC3CCCC3)cc(F)c12. The molecule has 0 amide bonds. The predicted molar refractivity (Wildman–Crippen MR) is 106 cm³/mol. The molecule has 1 aromatic heterocycles. The average molecular weight is 394 g/mol. The van der Waals surface area contributed by atoms with Crippen LogP contribution < -0.4 is 16.2 Å². The summed E-state index contributed by atoms with van der Waals surface area (Å²) in [6.07, 6.45) is 4.35. The van der Waals surface area contributed by atoms with Crippen molar-refractivity contribution in [2.24, 2.45) is 0 Å². The number of anilines is 1. The number of halogens is 2. The van der Waals surface area contributed by atoms with Crippen LogP contribution in [-0.2, 0) is 5.75 Å². The number of aromatic amines is 1. The molecule has 4 rings (SSSR count). The number of fused-ring (bicyclic) bond motifs is 1. The van der Waals surface area contributed by atoms with Crippen molar-refractivity contribution >= 4 is 28.4 Å². The van der Waals surface area contributed by atoms with E-state index in [2.05, 4.69) is 20.6 Å². The van der Waals surface area contributed by atoms with E-state index in [4.69, 9.17) is 0 Å². The first kappa shape index (κ1) is 18.7. The number of hydrogen-bond acceptors (Lipinski definition) is 5. The van der Waals surface area contributed by atoms with Gasteiger partial charge in [-0.2, -0.15) is 0 Å². The van der Waals surface area contributed by atoms with Crippen LogP contribution in [0.1, 0.15) is 37.9 Å². The van der Waals surface area contributed by atoms with Gasteiger partial charge in [0, 0.05) is 23.5 Å². The van der Waals surface area contributed by atoms with Crippen molar-refractivity contribution in [1.82, 2.24) is 15.3 Å². The highest BCUT2D eigenvalue weighted by Crippen LogP contribution is 2.27. The third kappa shape index (κ3) is 4.27. The second-order valence-electron chi connectivity index (χ2n) is 7.35. The van der Waals surface area contributed by atoms with Crippen molar-refractivity contribution in [2.75, 3.05) is 18.4 Å². The molecule has 27 heavy (non-hydrogen) atoms. The molecule has 0 radical (unpaired) electrons. The van der Waals surface area contributed by atoms with Crippen LogP contribution in [-0.4, -0.2) is 40.5 Å². The van der Waals surface area contributed by atoms with Crippen LogP contribution in [0.2, 0.25) is 0 Å². The zero-order chi connectivity index (χ0) is 18.8.